The van der Waals surface area contributed by atoms with Crippen molar-refractivity contribution in [3.8, 4) is 28.1 Å². The number of amides is 4. The number of aromatic nitrogens is 4. The van der Waals surface area contributed by atoms with Gasteiger partial charge in [0.15, 0.2) is 0 Å². The second-order valence-electron chi connectivity index (χ2n) is 16.9. The predicted molar refractivity (Wildman–Crippen MR) is 235 cm³/mol. The Morgan fingerprint density at radius 1 is 0.844 bits per heavy atom. The number of fused-ring (bicyclic) bond motifs is 6. The Kier molecular flexibility index (Phi) is 12.8. The average Bonchev–Trinajstić information content (AvgIpc) is 4.14. The average molecular weight is 881 g/mol. The molecule has 0 radical (unpaired) electrons. The molecule has 3 aromatic carbocycles. The zero-order chi connectivity index (χ0) is 45.4. The number of rotatable bonds is 13. The monoisotopic (exact) mass is 880 g/mol. The number of imidazole rings is 2. The number of H-pyrrole nitrogens is 2. The van der Waals surface area contributed by atoms with Crippen LogP contribution in [0.2, 0.25) is 0 Å². The first-order valence-electron chi connectivity index (χ1n) is 21.5. The van der Waals surface area contributed by atoms with E-state index in [4.69, 9.17) is 38.4 Å². The molecule has 340 valence electrons. The molecule has 0 aliphatic carbocycles. The predicted octanol–water partition coefficient (Wildman–Crippen LogP) is 5.77. The molecule has 2 saturated heterocycles. The number of nitrogens with zero attached hydrogens (tertiary/aromatic N) is 4. The van der Waals surface area contributed by atoms with Gasteiger partial charge in [0.05, 0.1) is 68.0 Å². The van der Waals surface area contributed by atoms with Gasteiger partial charge in [-0.25, -0.2) is 19.6 Å². The smallest absolute Gasteiger partial charge is 0.407 e. The second-order valence-corrected chi connectivity index (χ2v) is 16.9. The van der Waals surface area contributed by atoms with Crippen LogP contribution in [-0.4, -0.2) is 133 Å². The Bertz CT molecular complexity index is 2560. The van der Waals surface area contributed by atoms with Gasteiger partial charge >= 0.3 is 12.2 Å². The van der Waals surface area contributed by atoms with Gasteiger partial charge in [0.2, 0.25) is 11.8 Å². The zero-order valence-corrected chi connectivity index (χ0v) is 37.4. The molecule has 2 aromatic heterocycles. The van der Waals surface area contributed by atoms with E-state index in [1.807, 2.05) is 25.1 Å². The molecule has 0 saturated carbocycles. The van der Waals surface area contributed by atoms with Gasteiger partial charge in [-0.15, -0.1) is 0 Å². The Balaban J connectivity index is 1.05. The molecule has 18 heteroatoms. The number of hydrogen-bond acceptors (Lipinski definition) is 12. The summed E-state index contributed by atoms with van der Waals surface area (Å²) in [6.07, 6.45) is 1.26. The summed E-state index contributed by atoms with van der Waals surface area (Å²) in [5, 5.41) is 7.22. The minimum atomic E-state index is -0.974. The van der Waals surface area contributed by atoms with Crippen molar-refractivity contribution in [2.45, 2.75) is 89.1 Å². The quantitative estimate of drug-likeness (QED) is 0.111. The highest BCUT2D eigenvalue weighted by Crippen LogP contribution is 2.44. The molecule has 0 spiro atoms. The summed E-state index contributed by atoms with van der Waals surface area (Å²) in [5.74, 6) is 1.53. The highest BCUT2D eigenvalue weighted by molar-refractivity contribution is 6.07. The Morgan fingerprint density at radius 2 is 1.56 bits per heavy atom. The van der Waals surface area contributed by atoms with Crippen molar-refractivity contribution in [3.63, 3.8) is 0 Å². The lowest BCUT2D eigenvalue weighted by molar-refractivity contribution is -0.139. The number of nitrogens with one attached hydrogen (secondary N) is 4. The van der Waals surface area contributed by atoms with Crippen LogP contribution in [-0.2, 0) is 39.9 Å². The molecule has 5 aromatic rings. The molecule has 2 fully saturated rings. The van der Waals surface area contributed by atoms with Gasteiger partial charge in [0.1, 0.15) is 36.1 Å². The molecule has 5 heterocycles. The first kappa shape index (κ1) is 44.4. The molecule has 1 unspecified atom stereocenters. The van der Waals surface area contributed by atoms with Gasteiger partial charge in [-0.3, -0.25) is 9.59 Å². The molecule has 3 aliphatic heterocycles. The van der Waals surface area contributed by atoms with Gasteiger partial charge < -0.3 is 58.8 Å². The van der Waals surface area contributed by atoms with Crippen LogP contribution in [0.25, 0.3) is 44.2 Å². The maximum Gasteiger partial charge on any atom is 0.407 e. The SMILES string of the molecule is COC[C@H]1C[C@@H](c2nc3ccc4cc5c(cc4c3[nH]2)OCc2cc(-c3cnc([C@@H]4CC[C@H](C)N4C(=O)[C@@H](NC(=O)OC)[C@@H](C)OC)[nH]3)ccc2-5)N(C(=O)C(NC(=O)OC)[C@@H](C)OC)C1. The summed E-state index contributed by atoms with van der Waals surface area (Å²) >= 11 is 0. The number of alkyl carbamates (subject to hydrolysis) is 2. The van der Waals surface area contributed by atoms with E-state index < -0.39 is 42.5 Å². The van der Waals surface area contributed by atoms with Gasteiger partial charge in [-0.2, -0.15) is 0 Å². The Labute approximate surface area is 370 Å². The lowest BCUT2D eigenvalue weighted by atomic mass is 9.92. The first-order chi connectivity index (χ1) is 30.9. The lowest BCUT2D eigenvalue weighted by Crippen LogP contribution is -2.55. The fraction of sp³-hybridized carbons (Fsp3) is 0.478. The number of carbonyl (C=O) groups is 4. The van der Waals surface area contributed by atoms with Gasteiger partial charge in [0.25, 0.3) is 0 Å². The number of likely N-dealkylation sites (tertiary alicyclic amines) is 2. The third-order valence-electron chi connectivity index (χ3n) is 13.0. The molecule has 3 aliphatic rings. The summed E-state index contributed by atoms with van der Waals surface area (Å²) in [6.45, 7) is 6.69. The maximum absolute atomic E-state index is 14.1. The van der Waals surface area contributed by atoms with Crippen molar-refractivity contribution in [2.24, 2.45) is 5.92 Å². The molecule has 64 heavy (non-hydrogen) atoms. The minimum absolute atomic E-state index is 0.0514. The number of benzene rings is 3. The van der Waals surface area contributed by atoms with E-state index >= 15 is 0 Å². The highest BCUT2D eigenvalue weighted by Gasteiger charge is 2.44. The third-order valence-corrected chi connectivity index (χ3v) is 13.0. The van der Waals surface area contributed by atoms with Crippen molar-refractivity contribution in [3.05, 3.63) is 65.9 Å². The molecule has 4 amide bonds. The van der Waals surface area contributed by atoms with Crippen LogP contribution >= 0.6 is 0 Å². The summed E-state index contributed by atoms with van der Waals surface area (Å²) in [4.78, 5) is 72.9. The Morgan fingerprint density at radius 3 is 2.25 bits per heavy atom. The summed E-state index contributed by atoms with van der Waals surface area (Å²) in [6, 6.07) is 11.7. The van der Waals surface area contributed by atoms with E-state index in [9.17, 15) is 19.2 Å². The second kappa shape index (κ2) is 18.5. The number of ether oxygens (including phenoxy) is 6. The largest absolute Gasteiger partial charge is 0.488 e. The molecule has 18 nitrogen and oxygen atoms in total. The number of carbonyl (C=O) groups excluding carboxylic acids is 4. The van der Waals surface area contributed by atoms with Crippen molar-refractivity contribution >= 4 is 45.8 Å². The van der Waals surface area contributed by atoms with E-state index in [1.165, 1.54) is 28.4 Å². The third kappa shape index (κ3) is 8.32. The molecular weight excluding hydrogens is 825 g/mol. The van der Waals surface area contributed by atoms with Crippen molar-refractivity contribution in [2.75, 3.05) is 48.7 Å². The van der Waals surface area contributed by atoms with Gasteiger partial charge in [0, 0.05) is 50.8 Å². The topological polar surface area (TPSA) is 212 Å². The molecule has 8 rings (SSSR count). The molecular formula is C46H56N8O10. The van der Waals surface area contributed by atoms with E-state index in [0.29, 0.717) is 44.2 Å². The normalized spacial score (nSPS) is 21.1. The van der Waals surface area contributed by atoms with Crippen LogP contribution < -0.4 is 15.4 Å². The van der Waals surface area contributed by atoms with E-state index in [2.05, 4.69) is 44.9 Å². The lowest BCUT2D eigenvalue weighted by Gasteiger charge is -2.33. The van der Waals surface area contributed by atoms with E-state index in [0.717, 1.165) is 61.9 Å². The molecule has 0 bridgehead atoms. The first-order valence-corrected chi connectivity index (χ1v) is 21.5. The number of hydrogen-bond donors (Lipinski definition) is 4. The standard InChI is InChI=1S/C46H56N8O10/c1-23-9-14-35(54(23)44(56)39(25(3)61-6)52-46(58)63-8)41-47-19-34(49-41)28-10-12-30-29(16-28)22-64-37-18-31-27(17-32(30)37)11-13-33-40(31)50-42(48-33)36-15-26(21-59-4)20-53(36)43(55)38(24(2)60-5)51-45(57)62-7/h10-13,16-19,23-26,35-36,38-39H,9,14-15,20-22H2,1-8H3,(H,47,49)(H,48,50)(H,51,57)(H,52,58)/t23-,24+,25+,26-,35-,36-,38?,39-/m0/s1. The zero-order valence-electron chi connectivity index (χ0n) is 37.4. The fourth-order valence-electron chi connectivity index (χ4n) is 9.44. The Hall–Kier alpha value is -6.24. The van der Waals surface area contributed by atoms with Crippen molar-refractivity contribution in [1.29, 1.82) is 0 Å². The van der Waals surface area contributed by atoms with E-state index in [-0.39, 0.29) is 29.8 Å². The molecule has 8 atom stereocenters. The van der Waals surface area contributed by atoms with Crippen molar-refractivity contribution in [1.82, 2.24) is 40.4 Å². The van der Waals surface area contributed by atoms with Crippen LogP contribution in [0.5, 0.6) is 5.75 Å². The fourth-order valence-corrected chi connectivity index (χ4v) is 9.44. The van der Waals surface area contributed by atoms with Crippen molar-refractivity contribution < 1.29 is 47.6 Å². The molecule has 4 N–H and O–H groups in total. The van der Waals surface area contributed by atoms with Crippen LogP contribution in [0, 0.1) is 5.92 Å². The van der Waals surface area contributed by atoms with E-state index in [1.54, 1.807) is 37.0 Å². The summed E-state index contributed by atoms with van der Waals surface area (Å²) in [7, 11) is 7.14. The van der Waals surface area contributed by atoms with Crippen LogP contribution in [0.1, 0.15) is 69.3 Å². The highest BCUT2D eigenvalue weighted by atomic mass is 16.5. The maximum atomic E-state index is 14.1. The summed E-state index contributed by atoms with van der Waals surface area (Å²) < 4.78 is 32.5. The van der Waals surface area contributed by atoms with Crippen LogP contribution in [0.4, 0.5) is 9.59 Å². The number of methoxy groups -OCH3 is 5. The van der Waals surface area contributed by atoms with Crippen LogP contribution in [0.15, 0.2) is 48.7 Å². The van der Waals surface area contributed by atoms with Gasteiger partial charge in [-0.05, 0) is 86.4 Å². The van der Waals surface area contributed by atoms with Crippen LogP contribution in [0.3, 0.4) is 0 Å². The summed E-state index contributed by atoms with van der Waals surface area (Å²) in [5.41, 5.74) is 6.34. The number of aromatic amines is 2. The minimum Gasteiger partial charge on any atom is -0.488 e. The van der Waals surface area contributed by atoms with Gasteiger partial charge in [-0.1, -0.05) is 18.2 Å².